The number of amides is 2. The second-order valence-corrected chi connectivity index (χ2v) is 8.36. The minimum atomic E-state index is -0.398. The number of nitrogens with one attached hydrogen (secondary N) is 1. The zero-order valence-corrected chi connectivity index (χ0v) is 18.2. The second kappa shape index (κ2) is 9.52. The van der Waals surface area contributed by atoms with E-state index in [2.05, 4.69) is 12.2 Å². The molecule has 1 N–H and O–H groups in total. The molecule has 4 rings (SSSR count). The first kappa shape index (κ1) is 21.4. The van der Waals surface area contributed by atoms with Gasteiger partial charge >= 0.3 is 0 Å². The van der Waals surface area contributed by atoms with E-state index in [0.717, 1.165) is 37.1 Å². The summed E-state index contributed by atoms with van der Waals surface area (Å²) < 4.78 is 11.6. The molecule has 0 aromatic heterocycles. The molecule has 2 saturated heterocycles. The Labute approximate surface area is 183 Å². The zero-order valence-electron chi connectivity index (χ0n) is 18.2. The molecule has 6 heteroatoms. The summed E-state index contributed by atoms with van der Waals surface area (Å²) in [5.74, 6) is 0.0564. The molecular formula is C25H30N2O4. The maximum absolute atomic E-state index is 13.0. The zero-order chi connectivity index (χ0) is 21.8. The van der Waals surface area contributed by atoms with Crippen molar-refractivity contribution in [1.82, 2.24) is 0 Å². The summed E-state index contributed by atoms with van der Waals surface area (Å²) in [6.45, 7) is 5.71. The van der Waals surface area contributed by atoms with Crippen LogP contribution in [0.15, 0.2) is 42.5 Å². The van der Waals surface area contributed by atoms with Gasteiger partial charge in [0.15, 0.2) is 0 Å². The molecule has 0 bridgehead atoms. The second-order valence-electron chi connectivity index (χ2n) is 8.36. The van der Waals surface area contributed by atoms with Crippen LogP contribution in [0.4, 0.5) is 11.4 Å². The van der Waals surface area contributed by atoms with Crippen molar-refractivity contribution >= 4 is 23.2 Å². The lowest BCUT2D eigenvalue weighted by molar-refractivity contribution is -0.122. The maximum Gasteiger partial charge on any atom is 0.229 e. The molecule has 0 spiro atoms. The monoisotopic (exact) mass is 422 g/mol. The average molecular weight is 423 g/mol. The molecule has 6 nitrogen and oxygen atoms in total. The number of hydrogen-bond donors (Lipinski definition) is 1. The molecule has 0 aliphatic carbocycles. The largest absolute Gasteiger partial charge is 0.489 e. The molecule has 2 aliphatic rings. The average Bonchev–Trinajstić information content (AvgIpc) is 3.43. The highest BCUT2D eigenvalue weighted by Crippen LogP contribution is 2.30. The number of ether oxygens (including phenoxy) is 2. The van der Waals surface area contributed by atoms with Crippen molar-refractivity contribution in [2.45, 2.75) is 45.6 Å². The fraction of sp³-hybridized carbons (Fsp3) is 0.440. The number of carbonyl (C=O) groups excluding carboxylic acids is 2. The Morgan fingerprint density at radius 1 is 1.23 bits per heavy atom. The van der Waals surface area contributed by atoms with Crippen LogP contribution in [-0.4, -0.2) is 37.7 Å². The van der Waals surface area contributed by atoms with Gasteiger partial charge in [-0.05, 0) is 61.6 Å². The van der Waals surface area contributed by atoms with Crippen molar-refractivity contribution in [3.05, 3.63) is 53.6 Å². The number of rotatable bonds is 7. The lowest BCUT2D eigenvalue weighted by Crippen LogP contribution is -2.28. The fourth-order valence-corrected chi connectivity index (χ4v) is 4.09. The third kappa shape index (κ3) is 5.07. The third-order valence-corrected chi connectivity index (χ3v) is 6.00. The van der Waals surface area contributed by atoms with E-state index in [-0.39, 0.29) is 24.3 Å². The van der Waals surface area contributed by atoms with Crippen LogP contribution in [0.1, 0.15) is 37.3 Å². The van der Waals surface area contributed by atoms with E-state index in [1.165, 1.54) is 5.56 Å². The highest BCUT2D eigenvalue weighted by atomic mass is 16.5. The summed E-state index contributed by atoms with van der Waals surface area (Å²) >= 11 is 0. The van der Waals surface area contributed by atoms with Gasteiger partial charge in [-0.2, -0.15) is 0 Å². The van der Waals surface area contributed by atoms with Gasteiger partial charge in [-0.25, -0.2) is 0 Å². The van der Waals surface area contributed by atoms with Crippen molar-refractivity contribution in [2.24, 2.45) is 5.92 Å². The first-order valence-corrected chi connectivity index (χ1v) is 11.1. The Bertz CT molecular complexity index is 935. The quantitative estimate of drug-likeness (QED) is 0.729. The minimum Gasteiger partial charge on any atom is -0.489 e. The predicted octanol–water partition coefficient (Wildman–Crippen LogP) is 4.11. The van der Waals surface area contributed by atoms with Gasteiger partial charge in [0.2, 0.25) is 11.8 Å². The minimum absolute atomic E-state index is 0.0249. The number of carbonyl (C=O) groups is 2. The standard InChI is InChI=1S/C25H30N2O4/c1-3-18-7-9-20(10-8-18)27-15-19(14-24(27)28)25(29)26-22-11-6-17(2)13-23(22)31-16-21-5-4-12-30-21/h6-11,13,19,21H,3-5,12,14-16H2,1-2H3,(H,26,29). The molecule has 2 aromatic carbocycles. The van der Waals surface area contributed by atoms with Crippen LogP contribution in [0, 0.1) is 12.8 Å². The summed E-state index contributed by atoms with van der Waals surface area (Å²) in [5.41, 5.74) is 3.75. The van der Waals surface area contributed by atoms with Crippen molar-refractivity contribution < 1.29 is 19.1 Å². The Morgan fingerprint density at radius 3 is 2.74 bits per heavy atom. The smallest absolute Gasteiger partial charge is 0.229 e. The Kier molecular flexibility index (Phi) is 6.56. The topological polar surface area (TPSA) is 67.9 Å². The van der Waals surface area contributed by atoms with Crippen molar-refractivity contribution in [3.63, 3.8) is 0 Å². The lowest BCUT2D eigenvalue weighted by Gasteiger charge is -2.18. The van der Waals surface area contributed by atoms with E-state index in [9.17, 15) is 9.59 Å². The first-order valence-electron chi connectivity index (χ1n) is 11.1. The molecule has 2 aliphatic heterocycles. The van der Waals surface area contributed by atoms with Crippen LogP contribution in [0.5, 0.6) is 5.75 Å². The van der Waals surface area contributed by atoms with Gasteiger partial charge < -0.3 is 19.7 Å². The molecule has 2 unspecified atom stereocenters. The van der Waals surface area contributed by atoms with E-state index in [1.54, 1.807) is 4.90 Å². The number of hydrogen-bond acceptors (Lipinski definition) is 4. The summed E-state index contributed by atoms with van der Waals surface area (Å²) in [7, 11) is 0. The molecule has 0 radical (unpaired) electrons. The predicted molar refractivity (Wildman–Crippen MR) is 121 cm³/mol. The summed E-state index contributed by atoms with van der Waals surface area (Å²) in [5, 5.41) is 2.98. The van der Waals surface area contributed by atoms with Gasteiger partial charge in [0.1, 0.15) is 12.4 Å². The van der Waals surface area contributed by atoms with Gasteiger partial charge in [0.05, 0.1) is 17.7 Å². The van der Waals surface area contributed by atoms with Crippen LogP contribution >= 0.6 is 0 Å². The first-order chi connectivity index (χ1) is 15.0. The normalized spacial score (nSPS) is 20.8. The van der Waals surface area contributed by atoms with Gasteiger partial charge in [0, 0.05) is 25.3 Å². The van der Waals surface area contributed by atoms with E-state index >= 15 is 0 Å². The lowest BCUT2D eigenvalue weighted by atomic mass is 10.1. The van der Waals surface area contributed by atoms with Gasteiger partial charge in [-0.15, -0.1) is 0 Å². The number of nitrogens with zero attached hydrogens (tertiary/aromatic N) is 1. The van der Waals surface area contributed by atoms with E-state index in [0.29, 0.717) is 24.6 Å². The van der Waals surface area contributed by atoms with Crippen molar-refractivity contribution in [3.8, 4) is 5.75 Å². The number of benzene rings is 2. The van der Waals surface area contributed by atoms with Gasteiger partial charge in [0.25, 0.3) is 0 Å². The molecule has 0 saturated carbocycles. The van der Waals surface area contributed by atoms with Crippen molar-refractivity contribution in [2.75, 3.05) is 30.0 Å². The van der Waals surface area contributed by atoms with Crippen LogP contribution in [0.2, 0.25) is 0 Å². The third-order valence-electron chi connectivity index (χ3n) is 6.00. The Balaban J connectivity index is 1.41. The molecule has 2 aromatic rings. The molecule has 2 heterocycles. The molecule has 2 fully saturated rings. The fourth-order valence-electron chi connectivity index (χ4n) is 4.09. The SMILES string of the molecule is CCc1ccc(N2CC(C(=O)Nc3ccc(C)cc3OCC3CCCO3)CC2=O)cc1. The van der Waals surface area contributed by atoms with Crippen LogP contribution in [-0.2, 0) is 20.7 Å². The van der Waals surface area contributed by atoms with E-state index < -0.39 is 5.92 Å². The van der Waals surface area contributed by atoms with Crippen LogP contribution in [0.25, 0.3) is 0 Å². The molecule has 2 amide bonds. The highest BCUT2D eigenvalue weighted by molar-refractivity contribution is 6.03. The molecule has 164 valence electrons. The molecule has 31 heavy (non-hydrogen) atoms. The molecule has 2 atom stereocenters. The maximum atomic E-state index is 13.0. The van der Waals surface area contributed by atoms with Crippen LogP contribution in [0.3, 0.4) is 0 Å². The number of aryl methyl sites for hydroxylation is 2. The summed E-state index contributed by atoms with van der Waals surface area (Å²) in [4.78, 5) is 27.2. The number of anilines is 2. The summed E-state index contributed by atoms with van der Waals surface area (Å²) in [6, 6.07) is 13.7. The Hall–Kier alpha value is -2.86. The van der Waals surface area contributed by atoms with Crippen molar-refractivity contribution in [1.29, 1.82) is 0 Å². The van der Waals surface area contributed by atoms with Gasteiger partial charge in [-0.1, -0.05) is 25.1 Å². The van der Waals surface area contributed by atoms with Crippen LogP contribution < -0.4 is 15.0 Å². The van der Waals surface area contributed by atoms with Gasteiger partial charge in [-0.3, -0.25) is 9.59 Å². The van der Waals surface area contributed by atoms with E-state index in [1.807, 2.05) is 49.4 Å². The van der Waals surface area contributed by atoms with E-state index in [4.69, 9.17) is 9.47 Å². The highest BCUT2D eigenvalue weighted by Gasteiger charge is 2.35. The summed E-state index contributed by atoms with van der Waals surface area (Å²) in [6.07, 6.45) is 3.31. The molecular weight excluding hydrogens is 392 g/mol. The Morgan fingerprint density at radius 2 is 2.03 bits per heavy atom.